The second-order valence-corrected chi connectivity index (χ2v) is 6.46. The van der Waals surface area contributed by atoms with Gasteiger partial charge in [0.2, 0.25) is 0 Å². The van der Waals surface area contributed by atoms with Gasteiger partial charge in [0, 0.05) is 0 Å². The Morgan fingerprint density at radius 1 is 1.10 bits per heavy atom. The minimum atomic E-state index is -1.23. The molecule has 1 aromatic carbocycles. The molecule has 0 spiro atoms. The van der Waals surface area contributed by atoms with E-state index in [1.165, 1.54) is 0 Å². The van der Waals surface area contributed by atoms with Gasteiger partial charge in [0.25, 0.3) is 5.91 Å². The average molecular weight is 289 g/mol. The minimum absolute atomic E-state index is 0.172. The normalized spacial score (nSPS) is 27.1. The number of aryl methyl sites for hydroxylation is 1. The first-order valence-corrected chi connectivity index (χ1v) is 7.85. The highest BCUT2D eigenvalue weighted by Crippen LogP contribution is 2.35. The Labute approximate surface area is 125 Å². The molecule has 1 amide bonds. The highest BCUT2D eigenvalue weighted by atomic mass is 16.3. The van der Waals surface area contributed by atoms with E-state index in [0.717, 1.165) is 36.8 Å². The summed E-state index contributed by atoms with van der Waals surface area (Å²) in [5.41, 5.74) is -0.181. The van der Waals surface area contributed by atoms with E-state index in [4.69, 9.17) is 0 Å². The number of carbonyl (C=O) groups excluding carboxylic acids is 1. The Balaban J connectivity index is 1.72. The third-order valence-corrected chi connectivity index (χ3v) is 4.95. The van der Waals surface area contributed by atoms with Crippen LogP contribution in [-0.2, 0) is 16.8 Å². The molecular weight excluding hydrogens is 266 g/mol. The zero-order valence-corrected chi connectivity index (χ0v) is 12.3. The Hall–Kier alpha value is -1.39. The molecule has 1 aromatic rings. The molecule has 0 aliphatic heterocycles. The van der Waals surface area contributed by atoms with Crippen LogP contribution in [0.15, 0.2) is 24.3 Å². The monoisotopic (exact) mass is 289 g/mol. The third-order valence-electron chi connectivity index (χ3n) is 4.95. The van der Waals surface area contributed by atoms with Gasteiger partial charge in [-0.05, 0) is 56.1 Å². The second-order valence-electron chi connectivity index (χ2n) is 6.46. The molecule has 2 aliphatic carbocycles. The molecule has 1 atom stereocenters. The average Bonchev–Trinajstić information content (AvgIpc) is 2.94. The van der Waals surface area contributed by atoms with Crippen molar-refractivity contribution in [3.05, 3.63) is 35.4 Å². The zero-order chi connectivity index (χ0) is 14.9. The maximum Gasteiger partial charge on any atom is 0.252 e. The largest absolute Gasteiger partial charge is 0.383 e. The topological polar surface area (TPSA) is 69.6 Å². The molecule has 3 N–H and O–H groups in total. The van der Waals surface area contributed by atoms with E-state index in [1.54, 1.807) is 0 Å². The van der Waals surface area contributed by atoms with E-state index in [0.29, 0.717) is 19.3 Å². The van der Waals surface area contributed by atoms with Crippen LogP contribution in [0.4, 0.5) is 0 Å². The quantitative estimate of drug-likeness (QED) is 0.792. The molecule has 114 valence electrons. The molecule has 4 heteroatoms. The first kappa shape index (κ1) is 14.5. The van der Waals surface area contributed by atoms with Crippen LogP contribution in [0.1, 0.15) is 49.7 Å². The summed E-state index contributed by atoms with van der Waals surface area (Å²) in [5, 5.41) is 24.0. The van der Waals surface area contributed by atoms with E-state index in [1.807, 2.05) is 24.3 Å². The summed E-state index contributed by atoms with van der Waals surface area (Å²) in [7, 11) is 0. The van der Waals surface area contributed by atoms with Gasteiger partial charge in [-0.2, -0.15) is 0 Å². The fourth-order valence-corrected chi connectivity index (χ4v) is 3.66. The highest BCUT2D eigenvalue weighted by molar-refractivity contribution is 5.85. The van der Waals surface area contributed by atoms with Crippen LogP contribution in [0.2, 0.25) is 0 Å². The summed E-state index contributed by atoms with van der Waals surface area (Å²) >= 11 is 0. The third kappa shape index (κ3) is 2.70. The summed E-state index contributed by atoms with van der Waals surface area (Å²) < 4.78 is 0. The van der Waals surface area contributed by atoms with E-state index >= 15 is 0 Å². The van der Waals surface area contributed by atoms with Gasteiger partial charge in [-0.3, -0.25) is 4.79 Å². The van der Waals surface area contributed by atoms with Crippen LogP contribution in [0.5, 0.6) is 0 Å². The van der Waals surface area contributed by atoms with Crippen LogP contribution in [0.25, 0.3) is 0 Å². The fourth-order valence-electron chi connectivity index (χ4n) is 3.66. The molecule has 2 aliphatic rings. The van der Waals surface area contributed by atoms with Crippen molar-refractivity contribution in [1.29, 1.82) is 0 Å². The maximum atomic E-state index is 12.2. The predicted molar refractivity (Wildman–Crippen MR) is 79.7 cm³/mol. The highest BCUT2D eigenvalue weighted by Gasteiger charge is 2.41. The molecule has 21 heavy (non-hydrogen) atoms. The minimum Gasteiger partial charge on any atom is -0.383 e. The number of amides is 1. The lowest BCUT2D eigenvalue weighted by Gasteiger charge is -2.35. The lowest BCUT2D eigenvalue weighted by molar-refractivity contribution is -0.140. The Morgan fingerprint density at radius 3 is 2.57 bits per heavy atom. The first-order valence-electron chi connectivity index (χ1n) is 7.85. The number of nitrogens with one attached hydrogen (secondary N) is 1. The van der Waals surface area contributed by atoms with Crippen molar-refractivity contribution < 1.29 is 15.0 Å². The fraction of sp³-hybridized carbons (Fsp3) is 0.588. The van der Waals surface area contributed by atoms with Gasteiger partial charge in [-0.1, -0.05) is 24.3 Å². The van der Waals surface area contributed by atoms with Crippen LogP contribution in [0, 0.1) is 0 Å². The van der Waals surface area contributed by atoms with E-state index in [-0.39, 0.29) is 12.5 Å². The molecule has 1 saturated carbocycles. The van der Waals surface area contributed by atoms with Crippen molar-refractivity contribution in [3.63, 3.8) is 0 Å². The van der Waals surface area contributed by atoms with Gasteiger partial charge in [0.15, 0.2) is 0 Å². The van der Waals surface area contributed by atoms with Gasteiger partial charge in [-0.15, -0.1) is 0 Å². The van der Waals surface area contributed by atoms with Crippen molar-refractivity contribution in [1.82, 2.24) is 5.32 Å². The van der Waals surface area contributed by atoms with Crippen LogP contribution < -0.4 is 5.32 Å². The molecule has 0 aromatic heterocycles. The Kier molecular flexibility index (Phi) is 3.76. The molecule has 0 heterocycles. The number of hydrogen-bond acceptors (Lipinski definition) is 3. The van der Waals surface area contributed by atoms with Crippen molar-refractivity contribution >= 4 is 5.91 Å². The van der Waals surface area contributed by atoms with E-state index in [2.05, 4.69) is 5.32 Å². The van der Waals surface area contributed by atoms with Crippen LogP contribution in [0.3, 0.4) is 0 Å². The van der Waals surface area contributed by atoms with Gasteiger partial charge in [0.1, 0.15) is 11.2 Å². The number of fused-ring (bicyclic) bond motifs is 1. The lowest BCUT2D eigenvalue weighted by atomic mass is 9.79. The Morgan fingerprint density at radius 2 is 1.81 bits per heavy atom. The molecule has 1 unspecified atom stereocenters. The van der Waals surface area contributed by atoms with Gasteiger partial charge >= 0.3 is 0 Å². The summed E-state index contributed by atoms with van der Waals surface area (Å²) in [4.78, 5) is 12.2. The number of benzene rings is 1. The molecule has 4 nitrogen and oxygen atoms in total. The van der Waals surface area contributed by atoms with Crippen LogP contribution in [-0.4, -0.2) is 28.3 Å². The number of carbonyl (C=O) groups is 1. The van der Waals surface area contributed by atoms with Gasteiger partial charge in [-0.25, -0.2) is 0 Å². The number of aliphatic hydroxyl groups is 2. The molecule has 3 rings (SSSR count). The molecule has 1 fully saturated rings. The summed E-state index contributed by atoms with van der Waals surface area (Å²) in [6.45, 7) is 0.172. The second kappa shape index (κ2) is 5.43. The lowest BCUT2D eigenvalue weighted by Crippen LogP contribution is -2.50. The van der Waals surface area contributed by atoms with Crippen molar-refractivity contribution in [2.24, 2.45) is 0 Å². The Bertz CT molecular complexity index is 537. The summed E-state index contributed by atoms with van der Waals surface area (Å²) in [5.74, 6) is -0.337. The van der Waals surface area contributed by atoms with Crippen LogP contribution >= 0.6 is 0 Å². The smallest absolute Gasteiger partial charge is 0.252 e. The maximum absolute atomic E-state index is 12.2. The molecule has 0 radical (unpaired) electrons. The molecule has 0 saturated heterocycles. The SMILES string of the molecule is O=C(NCC1(O)CCCc2ccccc21)C1(O)CCCC1. The van der Waals surface area contributed by atoms with Crippen molar-refractivity contribution in [2.75, 3.05) is 6.54 Å². The summed E-state index contributed by atoms with van der Waals surface area (Å²) in [6, 6.07) is 7.86. The predicted octanol–water partition coefficient (Wildman–Crippen LogP) is 1.63. The standard InChI is InChI=1S/C17H23NO3/c19-15(16(20)9-3-4-10-16)18-12-17(21)11-5-7-13-6-1-2-8-14(13)17/h1-2,6,8,20-21H,3-5,7,9-12H2,(H,18,19). The van der Waals surface area contributed by atoms with E-state index < -0.39 is 11.2 Å². The van der Waals surface area contributed by atoms with E-state index in [9.17, 15) is 15.0 Å². The van der Waals surface area contributed by atoms with Gasteiger partial charge < -0.3 is 15.5 Å². The zero-order valence-electron chi connectivity index (χ0n) is 12.3. The first-order chi connectivity index (χ1) is 10.0. The number of hydrogen-bond donors (Lipinski definition) is 3. The van der Waals surface area contributed by atoms with Crippen molar-refractivity contribution in [2.45, 2.75) is 56.1 Å². The van der Waals surface area contributed by atoms with Gasteiger partial charge in [0.05, 0.1) is 6.54 Å². The number of rotatable bonds is 3. The molecular formula is C17H23NO3. The molecule has 0 bridgehead atoms. The summed E-state index contributed by atoms with van der Waals surface area (Å²) in [6.07, 6.45) is 5.34. The van der Waals surface area contributed by atoms with Crippen molar-refractivity contribution in [3.8, 4) is 0 Å².